The number of methoxy groups -OCH3 is 2. The Morgan fingerprint density at radius 1 is 0.788 bits per heavy atom. The number of aliphatic imine (C=N–C) groups is 1. The average Bonchev–Trinajstić information content (AvgIpc) is 3.73. The van der Waals surface area contributed by atoms with Gasteiger partial charge in [0, 0.05) is 55.5 Å². The number of carbonyl (C=O) groups excluding carboxylic acids is 2. The lowest BCUT2D eigenvalue weighted by molar-refractivity contribution is 0.0740. The number of benzene rings is 2. The van der Waals surface area contributed by atoms with Gasteiger partial charge in [0.2, 0.25) is 0 Å². The van der Waals surface area contributed by atoms with Crippen LogP contribution < -0.4 is 18.9 Å². The highest BCUT2D eigenvalue weighted by Crippen LogP contribution is 2.48. The van der Waals surface area contributed by atoms with Crippen molar-refractivity contribution in [3.8, 4) is 23.0 Å². The Bertz CT molecular complexity index is 1800. The quantitative estimate of drug-likeness (QED) is 0.104. The number of amides is 2. The Morgan fingerprint density at radius 2 is 1.38 bits per heavy atom. The van der Waals surface area contributed by atoms with Gasteiger partial charge in [-0.3, -0.25) is 14.6 Å². The van der Waals surface area contributed by atoms with E-state index in [1.807, 2.05) is 42.0 Å². The van der Waals surface area contributed by atoms with Crippen LogP contribution in [0.25, 0.3) is 0 Å². The molecule has 4 aliphatic heterocycles. The molecule has 4 aliphatic rings. The average molecular weight is 732 g/mol. The summed E-state index contributed by atoms with van der Waals surface area (Å²) in [6.07, 6.45) is 14.6. The minimum atomic E-state index is -2.47. The van der Waals surface area contributed by atoms with E-state index < -0.39 is 7.14 Å². The van der Waals surface area contributed by atoms with E-state index in [4.69, 9.17) is 18.9 Å². The number of rotatable bonds is 15. The van der Waals surface area contributed by atoms with Gasteiger partial charge in [-0.05, 0) is 82.6 Å². The van der Waals surface area contributed by atoms with Crippen molar-refractivity contribution < 1.29 is 33.1 Å². The van der Waals surface area contributed by atoms with Crippen molar-refractivity contribution in [2.45, 2.75) is 84.2 Å². The van der Waals surface area contributed by atoms with E-state index in [0.29, 0.717) is 97.4 Å². The summed E-state index contributed by atoms with van der Waals surface area (Å²) in [7, 11) is 0.695. The van der Waals surface area contributed by atoms with E-state index in [1.165, 1.54) is 11.1 Å². The molecule has 6 rings (SSSR count). The Kier molecular flexibility index (Phi) is 12.1. The standard InChI is InChI=1S/C41H54N3O7P/c1-6-9-16-52(47,17-10-14-50-38-21-30-12-13-31-19-28(7-2)26-43(31)40(45)33(30)22-36(38)48-4)18-11-15-51-39-24-35-34(23-37(39)49-5)41(46)44-27-29(8-3)20-32(44)25-42-35/h7-8,21-25,31-32H,6,9-20,26-27H2,1-5H3/b28-7+,29-8+/t31-,32+,52?/m1/s1. The molecule has 0 radical (unpaired) electrons. The molecular formula is C41H54N3O7P. The summed E-state index contributed by atoms with van der Waals surface area (Å²) in [6, 6.07) is 7.50. The van der Waals surface area contributed by atoms with Crippen molar-refractivity contribution in [1.29, 1.82) is 0 Å². The molecule has 0 N–H and O–H groups in total. The highest BCUT2D eigenvalue weighted by molar-refractivity contribution is 7.63. The van der Waals surface area contributed by atoms with Gasteiger partial charge in [-0.25, -0.2) is 0 Å². The third kappa shape index (κ3) is 8.12. The first-order chi connectivity index (χ1) is 25.2. The van der Waals surface area contributed by atoms with E-state index >= 15 is 0 Å². The van der Waals surface area contributed by atoms with Gasteiger partial charge in [0.25, 0.3) is 11.8 Å². The van der Waals surface area contributed by atoms with Crippen molar-refractivity contribution in [2.24, 2.45) is 4.99 Å². The molecule has 1 unspecified atom stereocenters. The fourth-order valence-electron chi connectivity index (χ4n) is 7.90. The van der Waals surface area contributed by atoms with Gasteiger partial charge < -0.3 is 33.3 Å². The number of hydrogen-bond acceptors (Lipinski definition) is 8. The maximum Gasteiger partial charge on any atom is 0.257 e. The summed E-state index contributed by atoms with van der Waals surface area (Å²) in [5.41, 5.74) is 5.33. The number of unbranched alkanes of at least 4 members (excludes halogenated alkanes) is 1. The van der Waals surface area contributed by atoms with Gasteiger partial charge in [-0.1, -0.05) is 36.6 Å². The van der Waals surface area contributed by atoms with Crippen LogP contribution in [0.1, 0.15) is 92.0 Å². The molecule has 52 heavy (non-hydrogen) atoms. The first-order valence-corrected chi connectivity index (χ1v) is 21.2. The molecule has 2 amide bonds. The Labute approximate surface area is 308 Å². The molecule has 3 atom stereocenters. The van der Waals surface area contributed by atoms with Gasteiger partial charge >= 0.3 is 0 Å². The third-order valence-electron chi connectivity index (χ3n) is 11.0. The van der Waals surface area contributed by atoms with Crippen LogP contribution in [0.4, 0.5) is 5.69 Å². The highest BCUT2D eigenvalue weighted by Gasteiger charge is 2.37. The number of fused-ring (bicyclic) bond motifs is 4. The first-order valence-electron chi connectivity index (χ1n) is 18.9. The number of hydrogen-bond donors (Lipinski definition) is 0. The van der Waals surface area contributed by atoms with Crippen LogP contribution in [0.3, 0.4) is 0 Å². The largest absolute Gasteiger partial charge is 0.493 e. The first kappa shape index (κ1) is 37.7. The molecule has 4 heterocycles. The predicted octanol–water partition coefficient (Wildman–Crippen LogP) is 8.09. The van der Waals surface area contributed by atoms with Crippen LogP contribution in [-0.4, -0.2) is 98.9 Å². The Balaban J connectivity index is 1.04. The summed E-state index contributed by atoms with van der Waals surface area (Å²) < 4.78 is 37.9. The summed E-state index contributed by atoms with van der Waals surface area (Å²) in [6.45, 7) is 8.26. The molecule has 280 valence electrons. The van der Waals surface area contributed by atoms with Crippen LogP contribution in [0.15, 0.2) is 52.6 Å². The number of nitrogens with zero attached hydrogens (tertiary/aromatic N) is 3. The molecule has 11 heteroatoms. The number of carbonyl (C=O) groups is 2. The van der Waals surface area contributed by atoms with Crippen molar-refractivity contribution in [1.82, 2.24) is 9.80 Å². The molecule has 2 saturated heterocycles. The molecule has 0 bridgehead atoms. The Morgan fingerprint density at radius 3 is 2.04 bits per heavy atom. The molecule has 2 aromatic rings. The van der Waals surface area contributed by atoms with Crippen LogP contribution in [0, 0.1) is 0 Å². The molecule has 0 aromatic heterocycles. The minimum Gasteiger partial charge on any atom is -0.493 e. The van der Waals surface area contributed by atoms with Gasteiger partial charge in [-0.2, -0.15) is 0 Å². The monoisotopic (exact) mass is 731 g/mol. The zero-order valence-corrected chi connectivity index (χ0v) is 32.3. The van der Waals surface area contributed by atoms with Gasteiger partial charge in [0.15, 0.2) is 23.0 Å². The van der Waals surface area contributed by atoms with Gasteiger partial charge in [-0.15, -0.1) is 0 Å². The summed E-state index contributed by atoms with van der Waals surface area (Å²) >= 11 is 0. The molecule has 10 nitrogen and oxygen atoms in total. The van der Waals surface area contributed by atoms with Crippen LogP contribution in [0.5, 0.6) is 23.0 Å². The third-order valence-corrected chi connectivity index (χ3v) is 14.4. The lowest BCUT2D eigenvalue weighted by Crippen LogP contribution is -2.35. The molecule has 0 spiro atoms. The summed E-state index contributed by atoms with van der Waals surface area (Å²) in [4.78, 5) is 35.5. The number of aryl methyl sites for hydroxylation is 1. The fourth-order valence-corrected chi connectivity index (χ4v) is 10.9. The lowest BCUT2D eigenvalue weighted by Gasteiger charge is -2.22. The second kappa shape index (κ2) is 16.7. The molecular weight excluding hydrogens is 677 g/mol. The maximum absolute atomic E-state index is 14.2. The van der Waals surface area contributed by atoms with Crippen molar-refractivity contribution >= 4 is 30.9 Å². The normalized spacial score (nSPS) is 22.0. The maximum atomic E-state index is 14.2. The zero-order chi connectivity index (χ0) is 36.8. The topological polar surface area (TPSA) is 107 Å². The number of allylic oxidation sites excluding steroid dienone is 2. The summed E-state index contributed by atoms with van der Waals surface area (Å²) in [5, 5.41) is 0. The van der Waals surface area contributed by atoms with Gasteiger partial charge in [0.05, 0.1) is 51.9 Å². The summed E-state index contributed by atoms with van der Waals surface area (Å²) in [5.74, 6) is 2.20. The SMILES string of the molecule is C/C=C1\C[C@H]2CCc3cc(OCCCP(=O)(CCCC)CCCOc4cc5c(cc4OC)C(=O)N4C/C(=C/C)C[C@H]4C=N5)c(OC)cc3C(=O)N2C1. The number of ether oxygens (including phenoxy) is 4. The molecule has 2 aromatic carbocycles. The van der Waals surface area contributed by atoms with Crippen LogP contribution in [0.2, 0.25) is 0 Å². The van der Waals surface area contributed by atoms with E-state index in [1.54, 1.807) is 26.4 Å². The predicted molar refractivity (Wildman–Crippen MR) is 206 cm³/mol. The van der Waals surface area contributed by atoms with E-state index in [9.17, 15) is 14.2 Å². The van der Waals surface area contributed by atoms with Crippen LogP contribution >= 0.6 is 7.14 Å². The van der Waals surface area contributed by atoms with Crippen molar-refractivity contribution in [3.05, 3.63) is 64.3 Å². The second-order valence-corrected chi connectivity index (χ2v) is 17.8. The van der Waals surface area contributed by atoms with E-state index in [2.05, 4.69) is 24.1 Å². The van der Waals surface area contributed by atoms with Crippen LogP contribution in [-0.2, 0) is 11.0 Å². The smallest absolute Gasteiger partial charge is 0.257 e. The molecule has 2 fully saturated rings. The minimum absolute atomic E-state index is 0.0511. The lowest BCUT2D eigenvalue weighted by atomic mass is 10.00. The molecule has 0 aliphatic carbocycles. The van der Waals surface area contributed by atoms with Crippen molar-refractivity contribution in [3.63, 3.8) is 0 Å². The van der Waals surface area contributed by atoms with E-state index in [-0.39, 0.29) is 23.9 Å². The van der Waals surface area contributed by atoms with Gasteiger partial charge in [0.1, 0.15) is 0 Å². The Hall–Kier alpha value is -4.04. The fraction of sp³-hybridized carbons (Fsp3) is 0.537. The zero-order valence-electron chi connectivity index (χ0n) is 31.4. The second-order valence-electron chi connectivity index (χ2n) is 14.4. The van der Waals surface area contributed by atoms with Crippen molar-refractivity contribution in [2.75, 3.05) is 59.0 Å². The molecule has 0 saturated carbocycles. The highest BCUT2D eigenvalue weighted by atomic mass is 31.2. The van der Waals surface area contributed by atoms with E-state index in [0.717, 1.165) is 44.1 Å².